The lowest BCUT2D eigenvalue weighted by Crippen LogP contribution is -2.38. The molecule has 106 valence electrons. The van der Waals surface area contributed by atoms with E-state index in [9.17, 15) is 4.79 Å². The summed E-state index contributed by atoms with van der Waals surface area (Å²) in [5.74, 6) is -0.0734. The predicted molar refractivity (Wildman–Crippen MR) is 88.3 cm³/mol. The Hall–Kier alpha value is -0.0600. The zero-order valence-electron chi connectivity index (χ0n) is 11.1. The maximum atomic E-state index is 12.2. The Labute approximate surface area is 136 Å². The third-order valence-electron chi connectivity index (χ3n) is 3.58. The van der Waals surface area contributed by atoms with E-state index in [-0.39, 0.29) is 11.3 Å². The zero-order valence-corrected chi connectivity index (χ0v) is 15.0. The number of amides is 1. The van der Waals surface area contributed by atoms with Gasteiger partial charge in [-0.25, -0.2) is 0 Å². The molecule has 2 nitrogen and oxygen atoms in total. The molecule has 0 spiro atoms. The van der Waals surface area contributed by atoms with Crippen molar-refractivity contribution in [3.05, 3.63) is 33.3 Å². The molecule has 1 rings (SSSR count). The Balaban J connectivity index is 2.75. The van der Waals surface area contributed by atoms with Crippen LogP contribution in [0.15, 0.2) is 22.7 Å². The van der Waals surface area contributed by atoms with Crippen molar-refractivity contribution in [1.82, 2.24) is 5.32 Å². The van der Waals surface area contributed by atoms with Crippen LogP contribution in [-0.2, 0) is 0 Å². The minimum absolute atomic E-state index is 0.0734. The minimum Gasteiger partial charge on any atom is -0.351 e. The van der Waals surface area contributed by atoms with Gasteiger partial charge in [0.15, 0.2) is 0 Å². The quantitative estimate of drug-likeness (QED) is 0.654. The van der Waals surface area contributed by atoms with Crippen molar-refractivity contribution in [2.45, 2.75) is 26.7 Å². The molecule has 0 atom stereocenters. The Kier molecular flexibility index (Phi) is 6.84. The van der Waals surface area contributed by atoms with Crippen molar-refractivity contribution in [3.63, 3.8) is 0 Å². The number of halogens is 3. The molecule has 0 fully saturated rings. The van der Waals surface area contributed by atoms with Gasteiger partial charge >= 0.3 is 0 Å². The molecule has 0 unspecified atom stereocenters. The molecule has 0 bridgehead atoms. The van der Waals surface area contributed by atoms with Crippen LogP contribution in [0.4, 0.5) is 0 Å². The first-order valence-corrected chi connectivity index (χ1v) is 8.56. The largest absolute Gasteiger partial charge is 0.351 e. The second kappa shape index (κ2) is 7.65. The Morgan fingerprint density at radius 3 is 2.47 bits per heavy atom. The van der Waals surface area contributed by atoms with E-state index in [1.165, 1.54) is 0 Å². The highest BCUT2D eigenvalue weighted by Gasteiger charge is 2.25. The number of carbonyl (C=O) groups is 1. The van der Waals surface area contributed by atoms with Crippen LogP contribution in [-0.4, -0.2) is 17.8 Å². The summed E-state index contributed by atoms with van der Waals surface area (Å²) in [7, 11) is 0. The van der Waals surface area contributed by atoms with Gasteiger partial charge in [-0.1, -0.05) is 41.4 Å². The zero-order chi connectivity index (χ0) is 14.5. The Bertz CT molecular complexity index is 439. The highest BCUT2D eigenvalue weighted by atomic mass is 79.9. The van der Waals surface area contributed by atoms with Crippen molar-refractivity contribution in [3.8, 4) is 0 Å². The summed E-state index contributed by atoms with van der Waals surface area (Å²) in [5.41, 5.74) is 0.731. The molecule has 0 aromatic heterocycles. The monoisotopic (exact) mass is 409 g/mol. The van der Waals surface area contributed by atoms with Crippen LogP contribution in [0.3, 0.4) is 0 Å². The first-order chi connectivity index (χ1) is 8.98. The van der Waals surface area contributed by atoms with Gasteiger partial charge in [0.25, 0.3) is 5.91 Å². The van der Waals surface area contributed by atoms with Gasteiger partial charge in [0.2, 0.25) is 0 Å². The average Bonchev–Trinajstić information content (AvgIpc) is 2.40. The van der Waals surface area contributed by atoms with E-state index in [0.29, 0.717) is 17.1 Å². The van der Waals surface area contributed by atoms with Gasteiger partial charge in [0.05, 0.1) is 5.56 Å². The maximum absolute atomic E-state index is 12.2. The lowest BCUT2D eigenvalue weighted by molar-refractivity contribution is 0.0931. The van der Waals surface area contributed by atoms with Crippen LogP contribution in [0.25, 0.3) is 0 Å². The first-order valence-electron chi connectivity index (χ1n) is 6.27. The van der Waals surface area contributed by atoms with Gasteiger partial charge in [0.1, 0.15) is 0 Å². The van der Waals surface area contributed by atoms with E-state index in [1.54, 1.807) is 18.2 Å². The fourth-order valence-corrected chi connectivity index (χ4v) is 3.63. The highest BCUT2D eigenvalue weighted by Crippen LogP contribution is 2.28. The molecule has 1 aromatic carbocycles. The molecule has 0 radical (unpaired) electrons. The number of benzene rings is 1. The van der Waals surface area contributed by atoms with Gasteiger partial charge in [0, 0.05) is 21.4 Å². The molecule has 0 saturated heterocycles. The van der Waals surface area contributed by atoms with Crippen molar-refractivity contribution < 1.29 is 4.79 Å². The first kappa shape index (κ1) is 17.0. The molecule has 0 heterocycles. The molecule has 5 heteroatoms. The van der Waals surface area contributed by atoms with Gasteiger partial charge in [-0.15, -0.1) is 0 Å². The van der Waals surface area contributed by atoms with Crippen molar-refractivity contribution in [1.29, 1.82) is 0 Å². The standard InChI is InChI=1S/C14H18Br2ClNO/c1-3-14(4-2,8-15)9-18-13(19)11-6-5-10(17)7-12(11)16/h5-7H,3-4,8-9H2,1-2H3,(H,18,19). The molecular weight excluding hydrogens is 393 g/mol. The number of rotatable bonds is 6. The van der Waals surface area contributed by atoms with Crippen LogP contribution in [0, 0.1) is 5.41 Å². The second-order valence-electron chi connectivity index (χ2n) is 4.65. The van der Waals surface area contributed by atoms with Gasteiger partial charge in [-0.3, -0.25) is 4.79 Å². The van der Waals surface area contributed by atoms with Crippen LogP contribution in [0.5, 0.6) is 0 Å². The number of hydrogen-bond acceptors (Lipinski definition) is 1. The summed E-state index contributed by atoms with van der Waals surface area (Å²) in [5, 5.41) is 4.51. The number of alkyl halides is 1. The summed E-state index contributed by atoms with van der Waals surface area (Å²) >= 11 is 12.8. The van der Waals surface area contributed by atoms with Crippen molar-refractivity contribution >= 4 is 49.4 Å². The number of nitrogens with one attached hydrogen (secondary N) is 1. The van der Waals surface area contributed by atoms with E-state index in [2.05, 4.69) is 51.0 Å². The Morgan fingerprint density at radius 2 is 2.00 bits per heavy atom. The number of hydrogen-bond donors (Lipinski definition) is 1. The van der Waals surface area contributed by atoms with Crippen LogP contribution in [0.2, 0.25) is 5.02 Å². The summed E-state index contributed by atoms with van der Waals surface area (Å²) in [6.07, 6.45) is 2.05. The molecule has 1 N–H and O–H groups in total. The predicted octanol–water partition coefficient (Wildman–Crippen LogP) is 5.03. The lowest BCUT2D eigenvalue weighted by atomic mass is 9.84. The maximum Gasteiger partial charge on any atom is 0.252 e. The fraction of sp³-hybridized carbons (Fsp3) is 0.500. The van der Waals surface area contributed by atoms with Crippen LogP contribution < -0.4 is 5.32 Å². The topological polar surface area (TPSA) is 29.1 Å². The van der Waals surface area contributed by atoms with Gasteiger partial charge in [-0.05, 0) is 52.4 Å². The van der Waals surface area contributed by atoms with Gasteiger partial charge in [-0.2, -0.15) is 0 Å². The second-order valence-corrected chi connectivity index (χ2v) is 6.50. The van der Waals surface area contributed by atoms with Crippen LogP contribution >= 0.6 is 43.5 Å². The van der Waals surface area contributed by atoms with E-state index >= 15 is 0 Å². The third-order valence-corrected chi connectivity index (χ3v) is 5.66. The Morgan fingerprint density at radius 1 is 1.37 bits per heavy atom. The van der Waals surface area contributed by atoms with Crippen LogP contribution in [0.1, 0.15) is 37.0 Å². The third kappa shape index (κ3) is 4.47. The molecule has 0 aliphatic carbocycles. The minimum atomic E-state index is -0.0734. The summed E-state index contributed by atoms with van der Waals surface area (Å²) in [4.78, 5) is 12.2. The van der Waals surface area contributed by atoms with E-state index in [0.717, 1.165) is 22.6 Å². The molecule has 0 aliphatic heterocycles. The summed E-state index contributed by atoms with van der Waals surface area (Å²) in [6.45, 7) is 4.96. The van der Waals surface area contributed by atoms with Crippen molar-refractivity contribution in [2.24, 2.45) is 5.41 Å². The SMILES string of the molecule is CCC(CC)(CBr)CNC(=O)c1ccc(Cl)cc1Br. The van der Waals surface area contributed by atoms with E-state index in [1.807, 2.05) is 0 Å². The molecule has 19 heavy (non-hydrogen) atoms. The smallest absolute Gasteiger partial charge is 0.252 e. The average molecular weight is 412 g/mol. The number of carbonyl (C=O) groups excluding carboxylic acids is 1. The van der Waals surface area contributed by atoms with E-state index < -0.39 is 0 Å². The molecule has 0 saturated carbocycles. The lowest BCUT2D eigenvalue weighted by Gasteiger charge is -2.29. The van der Waals surface area contributed by atoms with E-state index in [4.69, 9.17) is 11.6 Å². The molecule has 1 aromatic rings. The fourth-order valence-electron chi connectivity index (χ4n) is 1.77. The van der Waals surface area contributed by atoms with Crippen molar-refractivity contribution in [2.75, 3.05) is 11.9 Å². The normalized spacial score (nSPS) is 11.4. The highest BCUT2D eigenvalue weighted by molar-refractivity contribution is 9.10. The molecular formula is C14H18Br2ClNO. The van der Waals surface area contributed by atoms with Gasteiger partial charge < -0.3 is 5.32 Å². The summed E-state index contributed by atoms with van der Waals surface area (Å²) in [6, 6.07) is 5.18. The molecule has 1 amide bonds. The summed E-state index contributed by atoms with van der Waals surface area (Å²) < 4.78 is 0.718. The molecule has 0 aliphatic rings.